The highest BCUT2D eigenvalue weighted by Crippen LogP contribution is 2.16. The van der Waals surface area contributed by atoms with Gasteiger partial charge in [0.25, 0.3) is 6.47 Å². The molecular weight excluding hydrogens is 190 g/mol. The fraction of sp³-hybridized carbons (Fsp3) is 0.167. The predicted molar refractivity (Wildman–Crippen MR) is 57.5 cm³/mol. The van der Waals surface area contributed by atoms with E-state index in [-0.39, 0.29) is 0 Å². The zero-order chi connectivity index (χ0) is 10.5. The van der Waals surface area contributed by atoms with Crippen molar-refractivity contribution in [1.82, 2.24) is 4.98 Å². The Morgan fingerprint density at radius 3 is 3.07 bits per heavy atom. The third-order valence-corrected chi connectivity index (χ3v) is 2.29. The van der Waals surface area contributed by atoms with Gasteiger partial charge < -0.3 is 4.74 Å². The molecule has 1 heterocycles. The molecular formula is C12H11NO2. The summed E-state index contributed by atoms with van der Waals surface area (Å²) in [6, 6.07) is 9.90. The molecule has 0 aliphatic heterocycles. The average Bonchev–Trinajstić information content (AvgIpc) is 2.30. The molecule has 0 saturated carbocycles. The summed E-state index contributed by atoms with van der Waals surface area (Å²) in [4.78, 5) is 14.3. The lowest BCUT2D eigenvalue weighted by Gasteiger charge is -2.04. The van der Waals surface area contributed by atoms with Crippen LogP contribution in [-0.4, -0.2) is 18.1 Å². The molecule has 0 aliphatic rings. The Kier molecular flexibility index (Phi) is 2.93. The van der Waals surface area contributed by atoms with Crippen LogP contribution in [0.1, 0.15) is 5.56 Å². The lowest BCUT2D eigenvalue weighted by atomic mass is 10.1. The third-order valence-electron chi connectivity index (χ3n) is 2.29. The molecule has 0 spiro atoms. The monoisotopic (exact) mass is 201 g/mol. The van der Waals surface area contributed by atoms with Crippen LogP contribution in [0.4, 0.5) is 0 Å². The number of carbonyl (C=O) groups excluding carboxylic acids is 1. The Hall–Kier alpha value is -1.90. The van der Waals surface area contributed by atoms with Gasteiger partial charge in [0.1, 0.15) is 0 Å². The van der Waals surface area contributed by atoms with E-state index in [0.29, 0.717) is 13.1 Å². The first-order valence-corrected chi connectivity index (χ1v) is 4.79. The van der Waals surface area contributed by atoms with Crippen molar-refractivity contribution >= 4 is 17.4 Å². The zero-order valence-electron chi connectivity index (χ0n) is 8.22. The zero-order valence-corrected chi connectivity index (χ0v) is 8.22. The molecule has 1 aromatic heterocycles. The van der Waals surface area contributed by atoms with Gasteiger partial charge in [-0.1, -0.05) is 18.2 Å². The molecule has 0 amide bonds. The van der Waals surface area contributed by atoms with Crippen molar-refractivity contribution < 1.29 is 9.53 Å². The van der Waals surface area contributed by atoms with Crippen LogP contribution in [0.2, 0.25) is 0 Å². The highest BCUT2D eigenvalue weighted by atomic mass is 16.5. The standard InChI is InChI=1S/C12H11NO2/c14-9-15-8-6-10-3-1-5-12-11(10)4-2-7-13-12/h1-5,7,9H,6,8H2. The minimum atomic E-state index is 0.414. The van der Waals surface area contributed by atoms with Crippen molar-refractivity contribution in [3.63, 3.8) is 0 Å². The molecule has 1 aromatic carbocycles. The fourth-order valence-electron chi connectivity index (χ4n) is 1.60. The Bertz CT molecular complexity index is 463. The van der Waals surface area contributed by atoms with Crippen molar-refractivity contribution in [2.45, 2.75) is 6.42 Å². The molecule has 3 heteroatoms. The summed E-state index contributed by atoms with van der Waals surface area (Å²) in [5, 5.41) is 1.12. The molecule has 0 N–H and O–H groups in total. The van der Waals surface area contributed by atoms with E-state index in [0.717, 1.165) is 22.9 Å². The molecule has 76 valence electrons. The van der Waals surface area contributed by atoms with Crippen LogP contribution in [0.3, 0.4) is 0 Å². The van der Waals surface area contributed by atoms with Gasteiger partial charge in [0.2, 0.25) is 0 Å². The molecule has 0 fully saturated rings. The minimum absolute atomic E-state index is 0.414. The average molecular weight is 201 g/mol. The maximum absolute atomic E-state index is 10.0. The maximum Gasteiger partial charge on any atom is 0.293 e. The molecule has 0 bridgehead atoms. The summed E-state index contributed by atoms with van der Waals surface area (Å²) in [7, 11) is 0. The van der Waals surface area contributed by atoms with Gasteiger partial charge in [-0.15, -0.1) is 0 Å². The molecule has 15 heavy (non-hydrogen) atoms. The van der Waals surface area contributed by atoms with Gasteiger partial charge in [0, 0.05) is 18.0 Å². The quantitative estimate of drug-likeness (QED) is 0.560. The lowest BCUT2D eigenvalue weighted by Crippen LogP contribution is -1.97. The number of nitrogens with zero attached hydrogens (tertiary/aromatic N) is 1. The summed E-state index contributed by atoms with van der Waals surface area (Å²) < 4.78 is 4.69. The van der Waals surface area contributed by atoms with Gasteiger partial charge >= 0.3 is 0 Å². The number of carbonyl (C=O) groups is 1. The Morgan fingerprint density at radius 1 is 1.27 bits per heavy atom. The van der Waals surface area contributed by atoms with Crippen LogP contribution >= 0.6 is 0 Å². The van der Waals surface area contributed by atoms with Crippen LogP contribution in [0, 0.1) is 0 Å². The fourth-order valence-corrected chi connectivity index (χ4v) is 1.60. The second kappa shape index (κ2) is 4.55. The number of rotatable bonds is 4. The van der Waals surface area contributed by atoms with Crippen LogP contribution in [-0.2, 0) is 16.0 Å². The molecule has 2 rings (SSSR count). The second-order valence-corrected chi connectivity index (χ2v) is 3.20. The normalized spacial score (nSPS) is 10.1. The lowest BCUT2D eigenvalue weighted by molar-refractivity contribution is -0.128. The second-order valence-electron chi connectivity index (χ2n) is 3.20. The molecule has 2 aromatic rings. The van der Waals surface area contributed by atoms with E-state index in [4.69, 9.17) is 0 Å². The number of pyridine rings is 1. The number of hydrogen-bond donors (Lipinski definition) is 0. The number of fused-ring (bicyclic) bond motifs is 1. The first kappa shape index (κ1) is 9.65. The van der Waals surface area contributed by atoms with E-state index in [1.165, 1.54) is 0 Å². The number of hydrogen-bond acceptors (Lipinski definition) is 3. The van der Waals surface area contributed by atoms with Crippen LogP contribution < -0.4 is 0 Å². The van der Waals surface area contributed by atoms with Crippen molar-refractivity contribution in [3.05, 3.63) is 42.1 Å². The third kappa shape index (κ3) is 2.13. The highest BCUT2D eigenvalue weighted by molar-refractivity contribution is 5.81. The smallest absolute Gasteiger partial charge is 0.293 e. The Labute approximate surface area is 87.7 Å². The van der Waals surface area contributed by atoms with Crippen LogP contribution in [0.5, 0.6) is 0 Å². The van der Waals surface area contributed by atoms with Gasteiger partial charge in [0.15, 0.2) is 0 Å². The summed E-state index contributed by atoms with van der Waals surface area (Å²) >= 11 is 0. The van der Waals surface area contributed by atoms with Gasteiger partial charge in [-0.05, 0) is 17.7 Å². The van der Waals surface area contributed by atoms with Crippen LogP contribution in [0.15, 0.2) is 36.5 Å². The van der Waals surface area contributed by atoms with E-state index in [2.05, 4.69) is 9.72 Å². The molecule has 0 radical (unpaired) electrons. The van der Waals surface area contributed by atoms with Crippen molar-refractivity contribution in [1.29, 1.82) is 0 Å². The summed E-state index contributed by atoms with van der Waals surface area (Å²) in [5.41, 5.74) is 2.13. The Balaban J connectivity index is 2.30. The largest absolute Gasteiger partial charge is 0.468 e. The molecule has 0 aliphatic carbocycles. The molecule has 3 nitrogen and oxygen atoms in total. The first-order valence-electron chi connectivity index (χ1n) is 4.79. The summed E-state index contributed by atoms with van der Waals surface area (Å²) in [6.07, 6.45) is 2.50. The van der Waals surface area contributed by atoms with Crippen molar-refractivity contribution in [3.8, 4) is 0 Å². The number of benzene rings is 1. The topological polar surface area (TPSA) is 39.2 Å². The van der Waals surface area contributed by atoms with Gasteiger partial charge in [-0.2, -0.15) is 0 Å². The predicted octanol–water partition coefficient (Wildman–Crippen LogP) is 1.95. The van der Waals surface area contributed by atoms with Gasteiger partial charge in [-0.25, -0.2) is 0 Å². The number of aromatic nitrogens is 1. The van der Waals surface area contributed by atoms with Crippen molar-refractivity contribution in [2.24, 2.45) is 0 Å². The summed E-state index contributed by atoms with van der Waals surface area (Å²) in [6.45, 7) is 0.890. The van der Waals surface area contributed by atoms with Gasteiger partial charge in [-0.3, -0.25) is 9.78 Å². The van der Waals surface area contributed by atoms with E-state index >= 15 is 0 Å². The SMILES string of the molecule is O=COCCc1cccc2ncccc12. The molecule has 0 unspecified atom stereocenters. The number of ether oxygens (including phenoxy) is 1. The van der Waals surface area contributed by atoms with E-state index in [1.54, 1.807) is 6.20 Å². The Morgan fingerprint density at radius 2 is 2.20 bits per heavy atom. The highest BCUT2D eigenvalue weighted by Gasteiger charge is 2.00. The van der Waals surface area contributed by atoms with Crippen molar-refractivity contribution in [2.75, 3.05) is 6.61 Å². The van der Waals surface area contributed by atoms with E-state index in [9.17, 15) is 4.79 Å². The molecule has 0 saturated heterocycles. The van der Waals surface area contributed by atoms with E-state index in [1.807, 2.05) is 30.3 Å². The molecule has 0 atom stereocenters. The summed E-state index contributed by atoms with van der Waals surface area (Å²) in [5.74, 6) is 0. The van der Waals surface area contributed by atoms with Crippen LogP contribution in [0.25, 0.3) is 10.9 Å². The van der Waals surface area contributed by atoms with E-state index < -0.39 is 0 Å². The first-order chi connectivity index (χ1) is 7.42. The van der Waals surface area contributed by atoms with Gasteiger partial charge in [0.05, 0.1) is 12.1 Å². The minimum Gasteiger partial charge on any atom is -0.468 e. The maximum atomic E-state index is 10.0.